The van der Waals surface area contributed by atoms with E-state index in [1.807, 2.05) is 12.3 Å². The average molecular weight is 287 g/mol. The molecular formula is C11H17N3O4S. The van der Waals surface area contributed by atoms with Crippen molar-refractivity contribution in [2.24, 2.45) is 0 Å². The highest BCUT2D eigenvalue weighted by atomic mass is 32.1. The summed E-state index contributed by atoms with van der Waals surface area (Å²) in [6.07, 6.45) is 0.240. The molecule has 8 heteroatoms. The van der Waals surface area contributed by atoms with Gasteiger partial charge in [0.05, 0.1) is 5.01 Å². The number of nitrogens with one attached hydrogen (secondary N) is 2. The molecule has 1 heterocycles. The van der Waals surface area contributed by atoms with Crippen LogP contribution in [0.3, 0.4) is 0 Å². The lowest BCUT2D eigenvalue weighted by Crippen LogP contribution is -2.39. The molecule has 0 aromatic carbocycles. The molecule has 0 aliphatic heterocycles. The van der Waals surface area contributed by atoms with Crippen LogP contribution in [0.5, 0.6) is 0 Å². The van der Waals surface area contributed by atoms with Crippen molar-refractivity contribution < 1.29 is 19.8 Å². The normalized spacial score (nSPS) is 13.6. The number of rotatable bonds is 7. The van der Waals surface area contributed by atoms with E-state index < -0.39 is 12.1 Å². The highest BCUT2D eigenvalue weighted by Crippen LogP contribution is 2.16. The zero-order valence-electron chi connectivity index (χ0n) is 10.5. The Morgan fingerprint density at radius 3 is 2.79 bits per heavy atom. The summed E-state index contributed by atoms with van der Waals surface area (Å²) in [5, 5.41) is 25.4. The first-order valence-electron chi connectivity index (χ1n) is 5.82. The number of thiazole rings is 1. The van der Waals surface area contributed by atoms with E-state index >= 15 is 0 Å². The van der Waals surface area contributed by atoms with Crippen LogP contribution in [0, 0.1) is 0 Å². The number of urea groups is 1. The van der Waals surface area contributed by atoms with Gasteiger partial charge in [0.1, 0.15) is 0 Å². The summed E-state index contributed by atoms with van der Waals surface area (Å²) in [4.78, 5) is 25.9. The van der Waals surface area contributed by atoms with Gasteiger partial charge in [0.15, 0.2) is 6.10 Å². The van der Waals surface area contributed by atoms with E-state index in [0.717, 1.165) is 5.01 Å². The maximum absolute atomic E-state index is 11.4. The predicted octanol–water partition coefficient (Wildman–Crippen LogP) is 0.381. The third kappa shape index (κ3) is 5.66. The van der Waals surface area contributed by atoms with Crippen molar-refractivity contribution >= 4 is 23.3 Å². The number of aliphatic hydroxyl groups excluding tert-OH is 1. The number of carboxylic acids is 1. The fourth-order valence-corrected chi connectivity index (χ4v) is 2.02. The summed E-state index contributed by atoms with van der Waals surface area (Å²) in [7, 11) is 0. The predicted molar refractivity (Wildman–Crippen MR) is 70.2 cm³/mol. The Morgan fingerprint density at radius 2 is 2.21 bits per heavy atom. The molecule has 0 bridgehead atoms. The fourth-order valence-electron chi connectivity index (χ4n) is 1.32. The Kier molecular flexibility index (Phi) is 6.23. The number of amides is 2. The van der Waals surface area contributed by atoms with Crippen molar-refractivity contribution in [1.82, 2.24) is 15.6 Å². The molecular weight excluding hydrogens is 270 g/mol. The molecule has 0 spiro atoms. The maximum Gasteiger partial charge on any atom is 0.332 e. The molecule has 1 rings (SSSR count). The van der Waals surface area contributed by atoms with Gasteiger partial charge < -0.3 is 20.8 Å². The number of carboxylic acid groups (broad SMARTS) is 1. The Morgan fingerprint density at radius 1 is 1.47 bits per heavy atom. The molecule has 1 aromatic heterocycles. The first-order chi connectivity index (χ1) is 9.00. The minimum absolute atomic E-state index is 0.0230. The van der Waals surface area contributed by atoms with E-state index in [0.29, 0.717) is 6.54 Å². The number of aliphatic hydroxyl groups is 1. The first-order valence-corrected chi connectivity index (χ1v) is 6.70. The molecule has 0 aliphatic carbocycles. The van der Waals surface area contributed by atoms with Gasteiger partial charge in [-0.05, 0) is 0 Å². The lowest BCUT2D eigenvalue weighted by molar-refractivity contribution is -0.146. The van der Waals surface area contributed by atoms with Crippen LogP contribution < -0.4 is 10.6 Å². The van der Waals surface area contributed by atoms with E-state index in [2.05, 4.69) is 15.6 Å². The number of aliphatic carboxylic acids is 1. The van der Waals surface area contributed by atoms with E-state index in [4.69, 9.17) is 10.2 Å². The van der Waals surface area contributed by atoms with E-state index in [1.54, 1.807) is 6.20 Å². The topological polar surface area (TPSA) is 112 Å². The summed E-state index contributed by atoms with van der Waals surface area (Å²) in [5.41, 5.74) is 0. The summed E-state index contributed by atoms with van der Waals surface area (Å²) in [6, 6.07) is -0.388. The molecule has 2 amide bonds. The van der Waals surface area contributed by atoms with Crippen molar-refractivity contribution in [2.75, 3.05) is 13.1 Å². The second-order valence-electron chi connectivity index (χ2n) is 4.05. The number of nitrogens with zero attached hydrogens (tertiary/aromatic N) is 1. The second-order valence-corrected chi connectivity index (χ2v) is 4.98. The van der Waals surface area contributed by atoms with Crippen LogP contribution in [-0.2, 0) is 4.79 Å². The van der Waals surface area contributed by atoms with Crippen molar-refractivity contribution in [3.8, 4) is 0 Å². The highest BCUT2D eigenvalue weighted by Gasteiger charge is 2.13. The van der Waals surface area contributed by atoms with Crippen LogP contribution in [0.1, 0.15) is 24.3 Å². The zero-order valence-corrected chi connectivity index (χ0v) is 11.3. The van der Waals surface area contributed by atoms with Crippen LogP contribution in [0.2, 0.25) is 0 Å². The SMILES string of the molecule is CC(CNC(=O)NCC[C@H](O)C(=O)O)c1nccs1. The number of aromatic nitrogens is 1. The molecule has 106 valence electrons. The molecule has 7 nitrogen and oxygen atoms in total. The number of carbonyl (C=O) groups is 2. The molecule has 0 fully saturated rings. The summed E-state index contributed by atoms with van der Waals surface area (Å²) in [5.74, 6) is -1.17. The molecule has 1 aromatic rings. The summed E-state index contributed by atoms with van der Waals surface area (Å²) in [6.45, 7) is 2.50. The van der Waals surface area contributed by atoms with Crippen LogP contribution >= 0.6 is 11.3 Å². The van der Waals surface area contributed by atoms with Gasteiger partial charge in [0.25, 0.3) is 0 Å². The van der Waals surface area contributed by atoms with Crippen molar-refractivity contribution in [2.45, 2.75) is 25.4 Å². The monoisotopic (exact) mass is 287 g/mol. The molecule has 2 atom stereocenters. The average Bonchev–Trinajstić information content (AvgIpc) is 2.89. The van der Waals surface area contributed by atoms with Crippen molar-refractivity contribution in [1.29, 1.82) is 0 Å². The quantitative estimate of drug-likeness (QED) is 0.579. The van der Waals surface area contributed by atoms with Gasteiger partial charge in [-0.15, -0.1) is 11.3 Å². The third-order valence-corrected chi connectivity index (χ3v) is 3.44. The van der Waals surface area contributed by atoms with E-state index in [-0.39, 0.29) is 24.9 Å². The summed E-state index contributed by atoms with van der Waals surface area (Å²) < 4.78 is 0. The third-order valence-electron chi connectivity index (χ3n) is 2.43. The van der Waals surface area contributed by atoms with Gasteiger partial charge in [-0.2, -0.15) is 0 Å². The Balaban J connectivity index is 2.16. The van der Waals surface area contributed by atoms with Crippen molar-refractivity contribution in [3.63, 3.8) is 0 Å². The van der Waals surface area contributed by atoms with Gasteiger partial charge in [0, 0.05) is 37.0 Å². The fraction of sp³-hybridized carbons (Fsp3) is 0.545. The molecule has 0 saturated heterocycles. The van der Waals surface area contributed by atoms with Gasteiger partial charge >= 0.3 is 12.0 Å². The summed E-state index contributed by atoms with van der Waals surface area (Å²) >= 11 is 1.53. The minimum atomic E-state index is -1.45. The van der Waals surface area contributed by atoms with Crippen LogP contribution in [0.4, 0.5) is 4.79 Å². The molecule has 19 heavy (non-hydrogen) atoms. The van der Waals surface area contributed by atoms with Gasteiger partial charge in [0.2, 0.25) is 0 Å². The Hall–Kier alpha value is -1.67. The standard InChI is InChI=1S/C11H17N3O4S/c1-7(9-12-4-5-19-9)6-14-11(18)13-3-2-8(15)10(16)17/h4-5,7-8,15H,2-3,6H2,1H3,(H,16,17)(H2,13,14,18)/t7?,8-/m0/s1. The lowest BCUT2D eigenvalue weighted by atomic mass is 10.2. The largest absolute Gasteiger partial charge is 0.479 e. The van der Waals surface area contributed by atoms with E-state index in [9.17, 15) is 9.59 Å². The van der Waals surface area contributed by atoms with Crippen LogP contribution in [0.25, 0.3) is 0 Å². The second kappa shape index (κ2) is 7.70. The highest BCUT2D eigenvalue weighted by molar-refractivity contribution is 7.09. The van der Waals surface area contributed by atoms with Gasteiger partial charge in [-0.3, -0.25) is 0 Å². The van der Waals surface area contributed by atoms with Crippen LogP contribution in [-0.4, -0.2) is 46.4 Å². The minimum Gasteiger partial charge on any atom is -0.479 e. The van der Waals surface area contributed by atoms with E-state index in [1.165, 1.54) is 11.3 Å². The zero-order chi connectivity index (χ0) is 14.3. The van der Waals surface area contributed by atoms with Crippen LogP contribution in [0.15, 0.2) is 11.6 Å². The molecule has 0 saturated carbocycles. The van der Waals surface area contributed by atoms with Gasteiger partial charge in [-0.25, -0.2) is 14.6 Å². The Bertz CT molecular complexity index is 410. The molecule has 1 unspecified atom stereocenters. The van der Waals surface area contributed by atoms with Gasteiger partial charge in [-0.1, -0.05) is 6.92 Å². The Labute approximate surface area is 114 Å². The number of hydrogen-bond acceptors (Lipinski definition) is 5. The number of hydrogen-bond donors (Lipinski definition) is 4. The molecule has 4 N–H and O–H groups in total. The van der Waals surface area contributed by atoms with Crippen molar-refractivity contribution in [3.05, 3.63) is 16.6 Å². The molecule has 0 radical (unpaired) electrons. The smallest absolute Gasteiger partial charge is 0.332 e. The maximum atomic E-state index is 11.4. The first kappa shape index (κ1) is 15.4. The number of carbonyl (C=O) groups excluding carboxylic acids is 1. The molecule has 0 aliphatic rings. The lowest BCUT2D eigenvalue weighted by Gasteiger charge is -2.11.